The van der Waals surface area contributed by atoms with E-state index in [0.29, 0.717) is 25.2 Å². The van der Waals surface area contributed by atoms with Crippen LogP contribution in [0.1, 0.15) is 36.4 Å². The summed E-state index contributed by atoms with van der Waals surface area (Å²) in [4.78, 5) is 14.2. The number of pyridine rings is 1. The molecule has 6 nitrogen and oxygen atoms in total. The minimum Gasteiger partial charge on any atom is -0.335 e. The molecule has 4 rings (SSSR count). The Kier molecular flexibility index (Phi) is 5.48. The molecule has 2 fully saturated rings. The van der Waals surface area contributed by atoms with E-state index >= 15 is 0 Å². The molecule has 0 aliphatic carbocycles. The lowest BCUT2D eigenvalue weighted by molar-refractivity contribution is -0.137. The number of hydrogen-bond donors (Lipinski definition) is 2. The third-order valence-electron chi connectivity index (χ3n) is 5.23. The monoisotopic (exact) mass is 428 g/mol. The van der Waals surface area contributed by atoms with Crippen molar-refractivity contribution in [3.63, 3.8) is 0 Å². The van der Waals surface area contributed by atoms with E-state index in [1.54, 1.807) is 6.07 Å². The van der Waals surface area contributed by atoms with Crippen molar-refractivity contribution in [2.45, 2.75) is 37.3 Å². The number of halogens is 5. The molecule has 0 aromatic carbocycles. The topological polar surface area (TPSA) is 66.0 Å². The average Bonchev–Trinajstić information content (AvgIpc) is 3.21. The highest BCUT2D eigenvalue weighted by atomic mass is 19.4. The Morgan fingerprint density at radius 1 is 1.17 bits per heavy atom. The summed E-state index contributed by atoms with van der Waals surface area (Å²) < 4.78 is 66.8. The van der Waals surface area contributed by atoms with Gasteiger partial charge >= 0.3 is 6.18 Å². The van der Waals surface area contributed by atoms with Crippen LogP contribution in [-0.4, -0.2) is 47.1 Å². The fourth-order valence-corrected chi connectivity index (χ4v) is 3.72. The molecule has 1 unspecified atom stereocenters. The molecular formula is C19H21F5N6. The Morgan fingerprint density at radius 2 is 2.00 bits per heavy atom. The number of rotatable bonds is 4. The zero-order valence-electron chi connectivity index (χ0n) is 16.0. The SMILES string of the molecule is FC1(F)CCCN(c2nc(Nc3cc(C(F)(F)F)ccn3)cc(C3CCNC3)n2)C1. The Hall–Kier alpha value is -2.56. The Morgan fingerprint density at radius 3 is 2.70 bits per heavy atom. The second kappa shape index (κ2) is 7.93. The maximum atomic E-state index is 13.9. The number of piperidine rings is 1. The molecule has 2 aromatic heterocycles. The predicted octanol–water partition coefficient (Wildman–Crippen LogP) is 3.95. The first-order valence-electron chi connectivity index (χ1n) is 9.72. The van der Waals surface area contributed by atoms with Gasteiger partial charge in [-0.05, 0) is 31.5 Å². The number of hydrogen-bond acceptors (Lipinski definition) is 6. The maximum absolute atomic E-state index is 13.9. The van der Waals surface area contributed by atoms with Gasteiger partial charge < -0.3 is 15.5 Å². The van der Waals surface area contributed by atoms with Crippen LogP contribution in [0.25, 0.3) is 0 Å². The van der Waals surface area contributed by atoms with Crippen LogP contribution < -0.4 is 15.5 Å². The van der Waals surface area contributed by atoms with Crippen molar-refractivity contribution in [2.75, 3.05) is 36.4 Å². The summed E-state index contributed by atoms with van der Waals surface area (Å²) in [6, 6.07) is 3.40. The standard InChI is InChI=1S/C19H21F5N6/c20-18(21)4-1-7-30(11-18)17-27-14(12-2-5-25-10-12)9-16(29-17)28-15-8-13(3-6-26-15)19(22,23)24/h3,6,8-9,12,25H,1-2,4-5,7,10-11H2,(H,26,27,28,29). The molecule has 2 aromatic rings. The van der Waals surface area contributed by atoms with Crippen molar-refractivity contribution in [1.82, 2.24) is 20.3 Å². The second-order valence-corrected chi connectivity index (χ2v) is 7.60. The van der Waals surface area contributed by atoms with E-state index in [-0.39, 0.29) is 29.9 Å². The van der Waals surface area contributed by atoms with E-state index < -0.39 is 24.2 Å². The summed E-state index contributed by atoms with van der Waals surface area (Å²) >= 11 is 0. The van der Waals surface area contributed by atoms with Gasteiger partial charge in [0.15, 0.2) is 0 Å². The molecule has 4 heterocycles. The Labute approximate surface area is 169 Å². The zero-order valence-corrected chi connectivity index (χ0v) is 16.0. The van der Waals surface area contributed by atoms with Crippen LogP contribution in [-0.2, 0) is 6.18 Å². The van der Waals surface area contributed by atoms with Crippen molar-refractivity contribution in [3.8, 4) is 0 Å². The number of nitrogens with zero attached hydrogens (tertiary/aromatic N) is 4. The molecular weight excluding hydrogens is 407 g/mol. The lowest BCUT2D eigenvalue weighted by Gasteiger charge is -2.33. The van der Waals surface area contributed by atoms with E-state index in [9.17, 15) is 22.0 Å². The van der Waals surface area contributed by atoms with Gasteiger partial charge in [0.05, 0.1) is 17.8 Å². The third-order valence-corrected chi connectivity index (χ3v) is 5.23. The molecule has 2 saturated heterocycles. The van der Waals surface area contributed by atoms with E-state index in [1.807, 2.05) is 0 Å². The number of alkyl halides is 5. The summed E-state index contributed by atoms with van der Waals surface area (Å²) in [5.74, 6) is -2.42. The van der Waals surface area contributed by atoms with Gasteiger partial charge in [-0.15, -0.1) is 0 Å². The van der Waals surface area contributed by atoms with Gasteiger partial charge in [-0.1, -0.05) is 0 Å². The highest BCUT2D eigenvalue weighted by Crippen LogP contribution is 2.33. The molecule has 0 saturated carbocycles. The molecule has 2 N–H and O–H groups in total. The molecule has 0 bridgehead atoms. The minimum absolute atomic E-state index is 0.0334. The van der Waals surface area contributed by atoms with Gasteiger partial charge in [0, 0.05) is 37.7 Å². The highest BCUT2D eigenvalue weighted by Gasteiger charge is 2.36. The molecule has 0 spiro atoms. The average molecular weight is 428 g/mol. The fraction of sp³-hybridized carbons (Fsp3) is 0.526. The second-order valence-electron chi connectivity index (χ2n) is 7.60. The lowest BCUT2D eigenvalue weighted by Crippen LogP contribution is -2.43. The van der Waals surface area contributed by atoms with Crippen LogP contribution in [0.4, 0.5) is 39.5 Å². The van der Waals surface area contributed by atoms with E-state index in [1.165, 1.54) is 4.90 Å². The Balaban J connectivity index is 1.66. The summed E-state index contributed by atoms with van der Waals surface area (Å²) in [6.45, 7) is 1.40. The van der Waals surface area contributed by atoms with Gasteiger partial charge in [-0.25, -0.2) is 18.7 Å². The van der Waals surface area contributed by atoms with Crippen molar-refractivity contribution >= 4 is 17.6 Å². The van der Waals surface area contributed by atoms with Crippen LogP contribution >= 0.6 is 0 Å². The predicted molar refractivity (Wildman–Crippen MR) is 101 cm³/mol. The molecule has 0 radical (unpaired) electrons. The minimum atomic E-state index is -4.50. The molecule has 11 heteroatoms. The molecule has 2 aliphatic rings. The van der Waals surface area contributed by atoms with Crippen LogP contribution in [0, 0.1) is 0 Å². The smallest absolute Gasteiger partial charge is 0.335 e. The third kappa shape index (κ3) is 4.77. The largest absolute Gasteiger partial charge is 0.416 e. The first-order chi connectivity index (χ1) is 14.2. The summed E-state index contributed by atoms with van der Waals surface area (Å²) in [5.41, 5.74) is -0.182. The van der Waals surface area contributed by atoms with Crippen molar-refractivity contribution in [1.29, 1.82) is 0 Å². The van der Waals surface area contributed by atoms with Gasteiger partial charge in [0.1, 0.15) is 11.6 Å². The number of anilines is 3. The Bertz CT molecular complexity index is 897. The quantitative estimate of drug-likeness (QED) is 0.719. The van der Waals surface area contributed by atoms with Gasteiger partial charge in [-0.2, -0.15) is 18.2 Å². The van der Waals surface area contributed by atoms with Crippen LogP contribution in [0.3, 0.4) is 0 Å². The molecule has 2 aliphatic heterocycles. The summed E-state index contributed by atoms with van der Waals surface area (Å²) in [6.07, 6.45) is -2.50. The van der Waals surface area contributed by atoms with Gasteiger partial charge in [0.2, 0.25) is 5.95 Å². The number of nitrogens with one attached hydrogen (secondary N) is 2. The molecule has 1 atom stereocenters. The number of aromatic nitrogens is 3. The van der Waals surface area contributed by atoms with Gasteiger partial charge in [-0.3, -0.25) is 0 Å². The maximum Gasteiger partial charge on any atom is 0.416 e. The first-order valence-corrected chi connectivity index (χ1v) is 9.72. The van der Waals surface area contributed by atoms with Crippen LogP contribution in [0.15, 0.2) is 24.4 Å². The van der Waals surface area contributed by atoms with Crippen molar-refractivity contribution in [2.24, 2.45) is 0 Å². The normalized spacial score (nSPS) is 21.6. The first kappa shape index (κ1) is 20.7. The highest BCUT2D eigenvalue weighted by molar-refractivity contribution is 5.55. The molecule has 0 amide bonds. The van der Waals surface area contributed by atoms with E-state index in [4.69, 9.17) is 0 Å². The van der Waals surface area contributed by atoms with Crippen LogP contribution in [0.2, 0.25) is 0 Å². The van der Waals surface area contributed by atoms with Crippen LogP contribution in [0.5, 0.6) is 0 Å². The molecule has 162 valence electrons. The van der Waals surface area contributed by atoms with E-state index in [2.05, 4.69) is 25.6 Å². The lowest BCUT2D eigenvalue weighted by atomic mass is 10.0. The molecule has 30 heavy (non-hydrogen) atoms. The van der Waals surface area contributed by atoms with Gasteiger partial charge in [0.25, 0.3) is 5.92 Å². The summed E-state index contributed by atoms with van der Waals surface area (Å²) in [5, 5.41) is 6.01. The van der Waals surface area contributed by atoms with Crippen molar-refractivity contribution < 1.29 is 22.0 Å². The van der Waals surface area contributed by atoms with Crippen molar-refractivity contribution in [3.05, 3.63) is 35.7 Å². The fourth-order valence-electron chi connectivity index (χ4n) is 3.72. The zero-order chi connectivity index (χ0) is 21.4. The van der Waals surface area contributed by atoms with E-state index in [0.717, 1.165) is 31.3 Å². The summed E-state index contributed by atoms with van der Waals surface area (Å²) in [7, 11) is 0.